The van der Waals surface area contributed by atoms with Gasteiger partial charge in [-0.3, -0.25) is 4.79 Å². The van der Waals surface area contributed by atoms with Gasteiger partial charge in [-0.2, -0.15) is 4.57 Å². The smallest absolute Gasteiger partial charge is 0.323 e. The summed E-state index contributed by atoms with van der Waals surface area (Å²) < 4.78 is 1.52. The number of fused-ring (bicyclic) bond motifs is 1. The van der Waals surface area contributed by atoms with Gasteiger partial charge in [0.1, 0.15) is 5.82 Å². The SMILES string of the molecule is O=c1[nH]c(-c2ccccc2)nc([O-])c1-[n+]1ccc2ccccc2c1. The summed E-state index contributed by atoms with van der Waals surface area (Å²) in [6.07, 6.45) is 3.45. The lowest BCUT2D eigenvalue weighted by atomic mass is 10.2. The monoisotopic (exact) mass is 315 g/mol. The predicted octanol–water partition coefficient (Wildman–Crippen LogP) is 1.94. The molecule has 0 radical (unpaired) electrons. The predicted molar refractivity (Wildman–Crippen MR) is 88.8 cm³/mol. The van der Waals surface area contributed by atoms with Crippen molar-refractivity contribution < 1.29 is 9.67 Å². The summed E-state index contributed by atoms with van der Waals surface area (Å²) in [6.45, 7) is 0. The molecule has 5 nitrogen and oxygen atoms in total. The van der Waals surface area contributed by atoms with Gasteiger partial charge >= 0.3 is 5.56 Å². The summed E-state index contributed by atoms with van der Waals surface area (Å²) in [5.41, 5.74) is 0.219. The van der Waals surface area contributed by atoms with Crippen LogP contribution in [-0.4, -0.2) is 9.97 Å². The molecule has 24 heavy (non-hydrogen) atoms. The van der Waals surface area contributed by atoms with Crippen molar-refractivity contribution >= 4 is 10.8 Å². The molecule has 0 aliphatic heterocycles. The van der Waals surface area contributed by atoms with Crippen LogP contribution in [0.15, 0.2) is 77.9 Å². The third-order valence-electron chi connectivity index (χ3n) is 3.86. The molecule has 0 saturated heterocycles. The highest BCUT2D eigenvalue weighted by Crippen LogP contribution is 2.16. The number of nitrogens with zero attached hydrogens (tertiary/aromatic N) is 2. The van der Waals surface area contributed by atoms with E-state index in [2.05, 4.69) is 9.97 Å². The van der Waals surface area contributed by atoms with E-state index < -0.39 is 11.4 Å². The fraction of sp³-hybridized carbons (Fsp3) is 0. The third kappa shape index (κ3) is 2.42. The summed E-state index contributed by atoms with van der Waals surface area (Å²) in [6, 6.07) is 18.7. The van der Waals surface area contributed by atoms with Crippen LogP contribution in [0.3, 0.4) is 0 Å². The Morgan fingerprint density at radius 1 is 0.917 bits per heavy atom. The van der Waals surface area contributed by atoms with Gasteiger partial charge in [-0.25, -0.2) is 4.98 Å². The molecule has 0 bridgehead atoms. The first-order valence-corrected chi connectivity index (χ1v) is 7.49. The number of hydrogen-bond acceptors (Lipinski definition) is 3. The van der Waals surface area contributed by atoms with E-state index in [1.807, 2.05) is 48.5 Å². The first kappa shape index (κ1) is 14.1. The number of nitrogens with one attached hydrogen (secondary N) is 1. The molecule has 0 fully saturated rings. The van der Waals surface area contributed by atoms with Gasteiger partial charge in [0.15, 0.2) is 12.4 Å². The van der Waals surface area contributed by atoms with Crippen molar-refractivity contribution in [1.29, 1.82) is 0 Å². The Morgan fingerprint density at radius 2 is 1.62 bits per heavy atom. The van der Waals surface area contributed by atoms with Crippen molar-refractivity contribution in [2.24, 2.45) is 0 Å². The van der Waals surface area contributed by atoms with Crippen molar-refractivity contribution in [3.05, 3.63) is 83.4 Å². The van der Waals surface area contributed by atoms with E-state index in [1.54, 1.807) is 24.5 Å². The van der Waals surface area contributed by atoms with Gasteiger partial charge in [0.2, 0.25) is 0 Å². The van der Waals surface area contributed by atoms with Crippen LogP contribution in [0.2, 0.25) is 0 Å². The maximum atomic E-state index is 12.5. The zero-order valence-corrected chi connectivity index (χ0v) is 12.6. The highest BCUT2D eigenvalue weighted by atomic mass is 16.3. The summed E-state index contributed by atoms with van der Waals surface area (Å²) in [7, 11) is 0. The fourth-order valence-electron chi connectivity index (χ4n) is 2.68. The zero-order chi connectivity index (χ0) is 16.5. The third-order valence-corrected chi connectivity index (χ3v) is 3.86. The molecule has 116 valence electrons. The second kappa shape index (κ2) is 5.62. The maximum Gasteiger partial charge on any atom is 0.323 e. The first-order valence-electron chi connectivity index (χ1n) is 7.49. The number of rotatable bonds is 2. The Labute approximate surface area is 137 Å². The Morgan fingerprint density at radius 3 is 2.38 bits per heavy atom. The number of aromatic amines is 1. The molecule has 2 aromatic carbocycles. The zero-order valence-electron chi connectivity index (χ0n) is 12.6. The average Bonchev–Trinajstić information content (AvgIpc) is 2.62. The minimum absolute atomic E-state index is 0.0135. The highest BCUT2D eigenvalue weighted by molar-refractivity contribution is 5.80. The maximum absolute atomic E-state index is 12.5. The minimum atomic E-state index is -0.558. The van der Waals surface area contributed by atoms with Crippen LogP contribution in [0.25, 0.3) is 27.8 Å². The van der Waals surface area contributed by atoms with E-state index >= 15 is 0 Å². The molecule has 2 aromatic heterocycles. The van der Waals surface area contributed by atoms with Gasteiger partial charge < -0.3 is 10.1 Å². The fourth-order valence-corrected chi connectivity index (χ4v) is 2.68. The molecule has 0 aliphatic carbocycles. The van der Waals surface area contributed by atoms with Crippen LogP contribution >= 0.6 is 0 Å². The molecule has 0 aliphatic rings. The van der Waals surface area contributed by atoms with E-state index in [9.17, 15) is 9.90 Å². The van der Waals surface area contributed by atoms with Gasteiger partial charge in [0, 0.05) is 17.0 Å². The van der Waals surface area contributed by atoms with Gasteiger partial charge in [-0.05, 0) is 11.5 Å². The Hall–Kier alpha value is -3.47. The lowest BCUT2D eigenvalue weighted by Crippen LogP contribution is -2.38. The van der Waals surface area contributed by atoms with Gasteiger partial charge in [-0.1, -0.05) is 48.5 Å². The molecule has 1 N–H and O–H groups in total. The molecule has 0 unspecified atom stereocenters. The number of benzene rings is 2. The molecule has 0 atom stereocenters. The minimum Gasteiger partial charge on any atom is -0.854 e. The van der Waals surface area contributed by atoms with Crippen molar-refractivity contribution in [3.8, 4) is 23.0 Å². The molecular formula is C19H13N3O2. The van der Waals surface area contributed by atoms with Crippen molar-refractivity contribution in [3.63, 3.8) is 0 Å². The largest absolute Gasteiger partial charge is 0.854 e. The highest BCUT2D eigenvalue weighted by Gasteiger charge is 2.16. The van der Waals surface area contributed by atoms with Crippen LogP contribution in [0.4, 0.5) is 0 Å². The van der Waals surface area contributed by atoms with Gasteiger partial charge in [-0.15, -0.1) is 0 Å². The molecule has 4 rings (SSSR count). The van der Waals surface area contributed by atoms with Crippen LogP contribution in [-0.2, 0) is 0 Å². The molecule has 0 amide bonds. The number of pyridine rings is 1. The number of aromatic nitrogens is 3. The Bertz CT molecular complexity index is 1090. The molecule has 2 heterocycles. The van der Waals surface area contributed by atoms with Gasteiger partial charge in [0.05, 0.1) is 5.88 Å². The summed E-state index contributed by atoms with van der Waals surface area (Å²) in [5.74, 6) is -0.284. The lowest BCUT2D eigenvalue weighted by Gasteiger charge is -2.09. The van der Waals surface area contributed by atoms with E-state index in [-0.39, 0.29) is 11.5 Å². The first-order chi connectivity index (χ1) is 11.7. The van der Waals surface area contributed by atoms with E-state index in [0.717, 1.165) is 10.8 Å². The van der Waals surface area contributed by atoms with Gasteiger partial charge in [0.25, 0.3) is 5.69 Å². The summed E-state index contributed by atoms with van der Waals surface area (Å²) in [5, 5.41) is 14.4. The van der Waals surface area contributed by atoms with E-state index in [0.29, 0.717) is 5.56 Å². The average molecular weight is 315 g/mol. The van der Waals surface area contributed by atoms with E-state index in [4.69, 9.17) is 0 Å². The normalized spacial score (nSPS) is 10.8. The summed E-state index contributed by atoms with van der Waals surface area (Å²) in [4.78, 5) is 19.2. The summed E-state index contributed by atoms with van der Waals surface area (Å²) >= 11 is 0. The van der Waals surface area contributed by atoms with Crippen LogP contribution < -0.4 is 15.2 Å². The van der Waals surface area contributed by atoms with Crippen molar-refractivity contribution in [2.75, 3.05) is 0 Å². The van der Waals surface area contributed by atoms with Crippen LogP contribution in [0.5, 0.6) is 5.88 Å². The standard InChI is InChI=1S/C19H13N3O2/c23-18-16(22-11-10-13-6-4-5-9-15(13)12-22)19(24)21-17(20-18)14-7-2-1-3-8-14/h1-12H,(H-,20,21,23,24). The van der Waals surface area contributed by atoms with Crippen molar-refractivity contribution in [1.82, 2.24) is 9.97 Å². The van der Waals surface area contributed by atoms with Crippen LogP contribution in [0, 0.1) is 0 Å². The number of hydrogen-bond donors (Lipinski definition) is 1. The molecule has 4 aromatic rings. The van der Waals surface area contributed by atoms with E-state index in [1.165, 1.54) is 4.57 Å². The topological polar surface area (TPSA) is 72.7 Å². The number of H-pyrrole nitrogens is 1. The Balaban J connectivity index is 1.87. The molecule has 5 heteroatoms. The Kier molecular flexibility index (Phi) is 3.31. The second-order valence-corrected chi connectivity index (χ2v) is 5.42. The molecular weight excluding hydrogens is 302 g/mol. The van der Waals surface area contributed by atoms with Crippen LogP contribution in [0.1, 0.15) is 0 Å². The molecule has 0 spiro atoms. The second-order valence-electron chi connectivity index (χ2n) is 5.42. The quantitative estimate of drug-likeness (QED) is 0.575. The molecule has 0 saturated carbocycles. The van der Waals surface area contributed by atoms with Crippen molar-refractivity contribution in [2.45, 2.75) is 0 Å². The lowest BCUT2D eigenvalue weighted by molar-refractivity contribution is -0.599.